The Morgan fingerprint density at radius 3 is 2.14 bits per heavy atom. The molecule has 0 aliphatic carbocycles. The van der Waals surface area contributed by atoms with Crippen LogP contribution in [0.1, 0.15) is 22.3 Å². The molecule has 118 valence electrons. The molecule has 0 unspecified atom stereocenters. The lowest BCUT2D eigenvalue weighted by Gasteiger charge is -2.18. The van der Waals surface area contributed by atoms with Gasteiger partial charge in [0.2, 0.25) is 10.0 Å². The highest BCUT2D eigenvalue weighted by Gasteiger charge is 2.18. The second-order valence-corrected chi connectivity index (χ2v) is 7.31. The minimum absolute atomic E-state index is 0.120. The highest BCUT2D eigenvalue weighted by molar-refractivity contribution is 7.88. The van der Waals surface area contributed by atoms with Gasteiger partial charge in [0.15, 0.2) is 0 Å². The molecule has 0 heterocycles. The largest absolute Gasteiger partial charge is 0.478 e. The van der Waals surface area contributed by atoms with Crippen molar-refractivity contribution in [1.29, 1.82) is 0 Å². The molecule has 0 saturated heterocycles. The third-order valence-electron chi connectivity index (χ3n) is 3.10. The lowest BCUT2D eigenvalue weighted by molar-refractivity contribution is 0.0697. The Kier molecular flexibility index (Phi) is 6.32. The minimum Gasteiger partial charge on any atom is -0.478 e. The van der Waals surface area contributed by atoms with Crippen LogP contribution in [0.2, 0.25) is 0 Å². The molecule has 7 heteroatoms. The topological polar surface area (TPSA) is 77.9 Å². The molecule has 1 rings (SSSR count). The van der Waals surface area contributed by atoms with Gasteiger partial charge in [0.1, 0.15) is 0 Å². The summed E-state index contributed by atoms with van der Waals surface area (Å²) in [6.07, 6.45) is 0.765. The molecule has 1 aromatic rings. The average molecular weight is 314 g/mol. The Hall–Kier alpha value is -1.44. The molecule has 0 atom stereocenters. The number of hydrogen-bond donors (Lipinski definition) is 1. The van der Waals surface area contributed by atoms with Crippen molar-refractivity contribution < 1.29 is 18.3 Å². The van der Waals surface area contributed by atoms with Gasteiger partial charge in [-0.1, -0.05) is 12.1 Å². The number of sulfonamides is 1. The fourth-order valence-corrected chi connectivity index (χ4v) is 3.05. The molecule has 0 bridgehead atoms. The van der Waals surface area contributed by atoms with E-state index in [-0.39, 0.29) is 11.3 Å². The number of hydrogen-bond acceptors (Lipinski definition) is 4. The zero-order valence-electron chi connectivity index (χ0n) is 12.6. The highest BCUT2D eigenvalue weighted by atomic mass is 32.2. The van der Waals surface area contributed by atoms with E-state index in [1.807, 2.05) is 19.0 Å². The first-order chi connectivity index (χ1) is 9.72. The van der Waals surface area contributed by atoms with Crippen LogP contribution in [0.25, 0.3) is 0 Å². The number of carboxylic acids is 1. The van der Waals surface area contributed by atoms with Gasteiger partial charge in [0, 0.05) is 13.6 Å². The third kappa shape index (κ3) is 5.82. The Labute approximate surface area is 126 Å². The lowest BCUT2D eigenvalue weighted by Crippen LogP contribution is -2.30. The molecule has 0 aromatic heterocycles. The average Bonchev–Trinajstić information content (AvgIpc) is 2.38. The quantitative estimate of drug-likeness (QED) is 0.777. The maximum Gasteiger partial charge on any atom is 0.335 e. The second-order valence-electron chi connectivity index (χ2n) is 5.24. The highest BCUT2D eigenvalue weighted by Crippen LogP contribution is 2.11. The summed E-state index contributed by atoms with van der Waals surface area (Å²) in [7, 11) is 2.08. The zero-order valence-corrected chi connectivity index (χ0v) is 13.4. The van der Waals surface area contributed by atoms with E-state index < -0.39 is 16.0 Å². The van der Waals surface area contributed by atoms with Crippen molar-refractivity contribution >= 4 is 16.0 Å². The smallest absolute Gasteiger partial charge is 0.335 e. The van der Waals surface area contributed by atoms with Crippen molar-refractivity contribution in [1.82, 2.24) is 9.21 Å². The third-order valence-corrected chi connectivity index (χ3v) is 4.93. The van der Waals surface area contributed by atoms with Gasteiger partial charge in [-0.15, -0.1) is 0 Å². The molecular formula is C14H22N2O4S. The van der Waals surface area contributed by atoms with Crippen LogP contribution >= 0.6 is 0 Å². The predicted molar refractivity (Wildman–Crippen MR) is 81.8 cm³/mol. The summed E-state index contributed by atoms with van der Waals surface area (Å²) in [5, 5.41) is 8.81. The van der Waals surface area contributed by atoms with Crippen LogP contribution in [-0.2, 0) is 15.8 Å². The van der Waals surface area contributed by atoms with Crippen LogP contribution in [-0.4, -0.2) is 62.9 Å². The van der Waals surface area contributed by atoms with E-state index in [0.29, 0.717) is 12.1 Å². The minimum atomic E-state index is -3.38. The number of carbonyl (C=O) groups is 1. The van der Waals surface area contributed by atoms with E-state index >= 15 is 0 Å². The van der Waals surface area contributed by atoms with Crippen LogP contribution in [0.3, 0.4) is 0 Å². The van der Waals surface area contributed by atoms with Gasteiger partial charge in [-0.3, -0.25) is 0 Å². The van der Waals surface area contributed by atoms with Gasteiger partial charge in [-0.05, 0) is 44.8 Å². The van der Waals surface area contributed by atoms with Crippen molar-refractivity contribution in [3.05, 3.63) is 35.4 Å². The van der Waals surface area contributed by atoms with E-state index in [9.17, 15) is 13.2 Å². The Balaban J connectivity index is 2.64. The molecule has 21 heavy (non-hydrogen) atoms. The molecule has 0 aliphatic rings. The van der Waals surface area contributed by atoms with Gasteiger partial charge in [-0.2, -0.15) is 0 Å². The molecule has 6 nitrogen and oxygen atoms in total. The maximum absolute atomic E-state index is 12.2. The monoisotopic (exact) mass is 314 g/mol. The van der Waals surface area contributed by atoms with Crippen molar-refractivity contribution in [2.75, 3.05) is 34.2 Å². The van der Waals surface area contributed by atoms with E-state index in [1.165, 1.54) is 28.6 Å². The fraction of sp³-hybridized carbons (Fsp3) is 0.500. The summed E-state index contributed by atoms with van der Waals surface area (Å²) in [6.45, 7) is 1.29. The summed E-state index contributed by atoms with van der Waals surface area (Å²) in [5.74, 6) is -1.14. The molecule has 0 amide bonds. The number of aromatic carboxylic acids is 1. The predicted octanol–water partition coefficient (Wildman–Crippen LogP) is 1.10. The van der Waals surface area contributed by atoms with E-state index in [0.717, 1.165) is 13.0 Å². The van der Waals surface area contributed by atoms with Crippen LogP contribution < -0.4 is 0 Å². The molecule has 0 aliphatic heterocycles. The van der Waals surface area contributed by atoms with Crippen molar-refractivity contribution in [3.8, 4) is 0 Å². The lowest BCUT2D eigenvalue weighted by atomic mass is 10.1. The fourth-order valence-electron chi connectivity index (χ4n) is 1.81. The summed E-state index contributed by atoms with van der Waals surface area (Å²) < 4.78 is 25.7. The normalized spacial score (nSPS) is 12.0. The SMILES string of the molecule is CN(C)CCCN(C)S(=O)(=O)Cc1ccc(C(=O)O)cc1. The number of rotatable bonds is 8. The summed E-state index contributed by atoms with van der Waals surface area (Å²) in [5.41, 5.74) is 0.731. The number of nitrogens with zero attached hydrogens (tertiary/aromatic N) is 2. The second kappa shape index (κ2) is 7.53. The van der Waals surface area contributed by atoms with Crippen LogP contribution in [0.15, 0.2) is 24.3 Å². The van der Waals surface area contributed by atoms with Crippen molar-refractivity contribution in [2.24, 2.45) is 0 Å². The number of benzene rings is 1. The molecule has 1 N–H and O–H groups in total. The van der Waals surface area contributed by atoms with E-state index in [1.54, 1.807) is 7.05 Å². The molecule has 0 radical (unpaired) electrons. The van der Waals surface area contributed by atoms with E-state index in [2.05, 4.69) is 0 Å². The van der Waals surface area contributed by atoms with Crippen molar-refractivity contribution in [3.63, 3.8) is 0 Å². The van der Waals surface area contributed by atoms with Crippen molar-refractivity contribution in [2.45, 2.75) is 12.2 Å². The standard InChI is InChI=1S/C14H22N2O4S/c1-15(2)9-4-10-16(3)21(19,20)11-12-5-7-13(8-6-12)14(17)18/h5-8H,4,9-11H2,1-3H3,(H,17,18). The van der Waals surface area contributed by atoms with Crippen LogP contribution in [0.4, 0.5) is 0 Å². The zero-order chi connectivity index (χ0) is 16.0. The van der Waals surface area contributed by atoms with E-state index in [4.69, 9.17) is 5.11 Å². The molecule has 1 aromatic carbocycles. The first kappa shape index (κ1) is 17.6. The van der Waals surface area contributed by atoms with Crippen LogP contribution in [0.5, 0.6) is 0 Å². The first-order valence-electron chi connectivity index (χ1n) is 6.63. The molecule has 0 spiro atoms. The molecular weight excluding hydrogens is 292 g/mol. The summed E-state index contributed by atoms with van der Waals surface area (Å²) in [6, 6.07) is 5.90. The van der Waals surface area contributed by atoms with Gasteiger partial charge in [-0.25, -0.2) is 17.5 Å². The van der Waals surface area contributed by atoms with Crippen LogP contribution in [0, 0.1) is 0 Å². The van der Waals surface area contributed by atoms with Gasteiger partial charge < -0.3 is 10.0 Å². The maximum atomic E-state index is 12.2. The van der Waals surface area contributed by atoms with Gasteiger partial charge in [0.05, 0.1) is 11.3 Å². The van der Waals surface area contributed by atoms with Gasteiger partial charge in [0.25, 0.3) is 0 Å². The molecule has 0 saturated carbocycles. The summed E-state index contributed by atoms with van der Waals surface area (Å²) in [4.78, 5) is 12.8. The Bertz CT molecular complexity index is 567. The first-order valence-corrected chi connectivity index (χ1v) is 8.24. The van der Waals surface area contributed by atoms with Gasteiger partial charge >= 0.3 is 5.97 Å². The summed E-state index contributed by atoms with van der Waals surface area (Å²) >= 11 is 0. The Morgan fingerprint density at radius 1 is 1.10 bits per heavy atom. The number of carboxylic acid groups (broad SMARTS) is 1. The Morgan fingerprint density at radius 2 is 1.67 bits per heavy atom. The molecule has 0 fully saturated rings.